The summed E-state index contributed by atoms with van der Waals surface area (Å²) < 4.78 is 0. The minimum absolute atomic E-state index is 0.319. The lowest BCUT2D eigenvalue weighted by Crippen LogP contribution is -2.45. The highest BCUT2D eigenvalue weighted by Crippen LogP contribution is 2.34. The molecule has 142 valence electrons. The quantitative estimate of drug-likeness (QED) is 0.587. The molecule has 0 radical (unpaired) electrons. The third kappa shape index (κ3) is 5.29. The Balaban J connectivity index is 2.03. The van der Waals surface area contributed by atoms with E-state index < -0.39 is 0 Å². The van der Waals surface area contributed by atoms with Gasteiger partial charge in [-0.25, -0.2) is 0 Å². The second-order valence-corrected chi connectivity index (χ2v) is 7.95. The predicted octanol–water partition coefficient (Wildman–Crippen LogP) is 4.94. The molecule has 1 saturated heterocycles. The van der Waals surface area contributed by atoms with Gasteiger partial charge in [0.15, 0.2) is 0 Å². The van der Waals surface area contributed by atoms with Gasteiger partial charge in [-0.1, -0.05) is 52.3 Å². The Kier molecular flexibility index (Phi) is 7.92. The van der Waals surface area contributed by atoms with Crippen LogP contribution in [0.15, 0.2) is 37.3 Å². The first kappa shape index (κ1) is 19.9. The van der Waals surface area contributed by atoms with Gasteiger partial charge >= 0.3 is 0 Å². The van der Waals surface area contributed by atoms with Crippen LogP contribution in [-0.2, 0) is 0 Å². The van der Waals surface area contributed by atoms with Crippen molar-refractivity contribution in [2.24, 2.45) is 5.92 Å². The van der Waals surface area contributed by atoms with Gasteiger partial charge in [-0.2, -0.15) is 0 Å². The molecule has 3 heteroatoms. The lowest BCUT2D eigenvalue weighted by atomic mass is 9.82. The van der Waals surface area contributed by atoms with Crippen LogP contribution >= 0.6 is 0 Å². The highest BCUT2D eigenvalue weighted by molar-refractivity contribution is 5.18. The van der Waals surface area contributed by atoms with Crippen LogP contribution in [0.5, 0.6) is 0 Å². The topological polar surface area (TPSA) is 27.3 Å². The molecule has 2 rings (SSSR count). The molecule has 1 saturated carbocycles. The monoisotopic (exact) mass is 345 g/mol. The number of rotatable bonds is 10. The summed E-state index contributed by atoms with van der Waals surface area (Å²) in [5.74, 6) is 0.681. The van der Waals surface area contributed by atoms with E-state index >= 15 is 0 Å². The summed E-state index contributed by atoms with van der Waals surface area (Å²) in [6, 6.07) is 1.19. The van der Waals surface area contributed by atoms with Crippen LogP contribution in [0.4, 0.5) is 0 Å². The van der Waals surface area contributed by atoms with Crippen molar-refractivity contribution >= 4 is 0 Å². The maximum Gasteiger partial charge on any atom is 0.0680 e. The number of hydrogen-bond acceptors (Lipinski definition) is 3. The lowest BCUT2D eigenvalue weighted by Gasteiger charge is -2.39. The summed E-state index contributed by atoms with van der Waals surface area (Å²) in [6.45, 7) is 18.4. The molecule has 0 bridgehead atoms. The molecule has 2 aliphatic rings. The van der Waals surface area contributed by atoms with Gasteiger partial charge in [-0.05, 0) is 51.1 Å². The zero-order valence-corrected chi connectivity index (χ0v) is 16.5. The van der Waals surface area contributed by atoms with E-state index in [1.807, 2.05) is 6.20 Å². The Labute approximate surface area is 155 Å². The van der Waals surface area contributed by atoms with Gasteiger partial charge in [-0.3, -0.25) is 0 Å². The van der Waals surface area contributed by atoms with Gasteiger partial charge in [0.05, 0.1) is 12.1 Å². The maximum atomic E-state index is 4.53. The van der Waals surface area contributed by atoms with Crippen molar-refractivity contribution in [1.29, 1.82) is 0 Å². The van der Waals surface area contributed by atoms with Crippen molar-refractivity contribution in [1.82, 2.24) is 15.5 Å². The molecule has 2 N–H and O–H groups in total. The molecule has 0 spiro atoms. The summed E-state index contributed by atoms with van der Waals surface area (Å²) >= 11 is 0. The Morgan fingerprint density at radius 3 is 2.52 bits per heavy atom. The smallest absolute Gasteiger partial charge is 0.0680 e. The second-order valence-electron chi connectivity index (χ2n) is 7.95. The highest BCUT2D eigenvalue weighted by Gasteiger charge is 2.34. The van der Waals surface area contributed by atoms with Crippen LogP contribution in [0, 0.1) is 5.92 Å². The van der Waals surface area contributed by atoms with E-state index in [1.165, 1.54) is 69.2 Å². The largest absolute Gasteiger partial charge is 0.385 e. The second kappa shape index (κ2) is 9.94. The van der Waals surface area contributed by atoms with Gasteiger partial charge in [-0.15, -0.1) is 0 Å². The molecule has 1 aliphatic heterocycles. The number of nitrogens with zero attached hydrogens (tertiary/aromatic N) is 1. The van der Waals surface area contributed by atoms with E-state index in [1.54, 1.807) is 0 Å². The normalized spacial score (nSPS) is 23.8. The Bertz CT molecular complexity index is 450. The Morgan fingerprint density at radius 2 is 1.88 bits per heavy atom. The van der Waals surface area contributed by atoms with E-state index in [-0.39, 0.29) is 0 Å². The van der Waals surface area contributed by atoms with Crippen molar-refractivity contribution in [3.8, 4) is 0 Å². The molecule has 0 aromatic rings. The third-order valence-corrected chi connectivity index (χ3v) is 5.96. The average molecular weight is 346 g/mol. The first-order valence-corrected chi connectivity index (χ1v) is 10.4. The third-order valence-electron chi connectivity index (χ3n) is 5.96. The van der Waals surface area contributed by atoms with Crippen molar-refractivity contribution in [2.75, 3.05) is 6.54 Å². The molecule has 3 nitrogen and oxygen atoms in total. The highest BCUT2D eigenvalue weighted by atomic mass is 15.2. The van der Waals surface area contributed by atoms with Crippen molar-refractivity contribution in [3.63, 3.8) is 0 Å². The number of hydrogen-bond donors (Lipinski definition) is 2. The number of nitrogens with one attached hydrogen (secondary N) is 2. The van der Waals surface area contributed by atoms with Gasteiger partial charge in [0.1, 0.15) is 0 Å². The Hall–Kier alpha value is -1.38. The zero-order chi connectivity index (χ0) is 18.2. The van der Waals surface area contributed by atoms with Crippen LogP contribution in [0.1, 0.15) is 71.6 Å². The van der Waals surface area contributed by atoms with E-state index in [0.29, 0.717) is 24.0 Å². The minimum Gasteiger partial charge on any atom is -0.385 e. The summed E-state index contributed by atoms with van der Waals surface area (Å²) in [5.41, 5.74) is 2.40. The van der Waals surface area contributed by atoms with E-state index in [9.17, 15) is 0 Å². The molecule has 25 heavy (non-hydrogen) atoms. The molecule has 0 aromatic carbocycles. The van der Waals surface area contributed by atoms with Crippen molar-refractivity contribution in [3.05, 3.63) is 37.3 Å². The van der Waals surface area contributed by atoms with Gasteiger partial charge in [0.25, 0.3) is 0 Å². The van der Waals surface area contributed by atoms with Gasteiger partial charge < -0.3 is 15.5 Å². The van der Waals surface area contributed by atoms with Crippen LogP contribution in [0.3, 0.4) is 0 Å². The molecule has 0 aromatic heterocycles. The minimum atomic E-state index is 0.319. The standard InChI is InChI=1S/C22H39N3/c1-6-12-17(3)24-18(4)21-15-11-16-25(21)19(5)22(23-7-2)20-13-9-8-10-14-20/h7,17,20-24H,2,4-6,8-16H2,1,3H3/t17?,21?,22-/m1/s1. The van der Waals surface area contributed by atoms with Crippen LogP contribution in [-0.4, -0.2) is 29.6 Å². The molecule has 1 aliphatic carbocycles. The molecule has 1 heterocycles. The van der Waals surface area contributed by atoms with Crippen molar-refractivity contribution < 1.29 is 0 Å². The molecular formula is C22H39N3. The first-order chi connectivity index (χ1) is 12.1. The van der Waals surface area contributed by atoms with E-state index in [0.717, 1.165) is 6.54 Å². The van der Waals surface area contributed by atoms with E-state index in [4.69, 9.17) is 0 Å². The first-order valence-electron chi connectivity index (χ1n) is 10.4. The molecule has 3 atom stereocenters. The fraction of sp³-hybridized carbons (Fsp3) is 0.727. The molecule has 2 unspecified atom stereocenters. The van der Waals surface area contributed by atoms with E-state index in [2.05, 4.69) is 49.1 Å². The summed E-state index contributed by atoms with van der Waals surface area (Å²) in [6.07, 6.45) is 13.3. The molecule has 2 fully saturated rings. The Morgan fingerprint density at radius 1 is 1.16 bits per heavy atom. The zero-order valence-electron chi connectivity index (χ0n) is 16.5. The van der Waals surface area contributed by atoms with Crippen LogP contribution in [0.2, 0.25) is 0 Å². The van der Waals surface area contributed by atoms with Gasteiger partial charge in [0, 0.05) is 24.0 Å². The van der Waals surface area contributed by atoms with Crippen LogP contribution in [0.25, 0.3) is 0 Å². The molecule has 0 amide bonds. The fourth-order valence-electron chi connectivity index (χ4n) is 4.67. The summed E-state index contributed by atoms with van der Waals surface area (Å²) in [5, 5.41) is 7.16. The summed E-state index contributed by atoms with van der Waals surface area (Å²) in [7, 11) is 0. The van der Waals surface area contributed by atoms with Gasteiger partial charge in [0.2, 0.25) is 0 Å². The number of likely N-dealkylation sites (tertiary alicyclic amines) is 1. The van der Waals surface area contributed by atoms with Crippen molar-refractivity contribution in [2.45, 2.75) is 89.8 Å². The average Bonchev–Trinajstić information content (AvgIpc) is 3.10. The molecular weight excluding hydrogens is 306 g/mol. The van der Waals surface area contributed by atoms with Crippen LogP contribution < -0.4 is 10.6 Å². The fourth-order valence-corrected chi connectivity index (χ4v) is 4.67. The summed E-state index contributed by atoms with van der Waals surface area (Å²) in [4.78, 5) is 2.50. The SMILES string of the molecule is C=CN[C@H](C(=C)N1CCCC1C(=C)NC(C)CCC)C1CCCCC1. The predicted molar refractivity (Wildman–Crippen MR) is 109 cm³/mol. The maximum absolute atomic E-state index is 4.53. The lowest BCUT2D eigenvalue weighted by molar-refractivity contribution is 0.244.